The SMILES string of the molecule is O=C(NCc1ccc(N2CCOCC2)nc1)c1cc(C2CC2)[nH]n1. The van der Waals surface area contributed by atoms with E-state index in [9.17, 15) is 4.79 Å². The predicted octanol–water partition coefficient (Wildman–Crippen LogP) is 1.45. The molecule has 0 atom stereocenters. The van der Waals surface area contributed by atoms with Crippen LogP contribution in [0.5, 0.6) is 0 Å². The molecule has 2 N–H and O–H groups in total. The number of hydrogen-bond acceptors (Lipinski definition) is 5. The Morgan fingerprint density at radius 2 is 2.17 bits per heavy atom. The van der Waals surface area contributed by atoms with Gasteiger partial charge in [-0.3, -0.25) is 9.89 Å². The zero-order valence-electron chi connectivity index (χ0n) is 13.5. The minimum atomic E-state index is -0.157. The number of aromatic amines is 1. The van der Waals surface area contributed by atoms with E-state index in [1.54, 1.807) is 0 Å². The molecule has 7 nitrogen and oxygen atoms in total. The molecule has 1 aliphatic carbocycles. The van der Waals surface area contributed by atoms with Crippen molar-refractivity contribution in [3.63, 3.8) is 0 Å². The molecule has 0 radical (unpaired) electrons. The molecule has 3 heterocycles. The average Bonchev–Trinajstić information content (AvgIpc) is 3.38. The molecule has 0 unspecified atom stereocenters. The third kappa shape index (κ3) is 3.41. The Morgan fingerprint density at radius 1 is 1.33 bits per heavy atom. The number of nitrogens with zero attached hydrogens (tertiary/aromatic N) is 3. The van der Waals surface area contributed by atoms with Crippen molar-refractivity contribution in [2.75, 3.05) is 31.2 Å². The first-order valence-electron chi connectivity index (χ1n) is 8.41. The van der Waals surface area contributed by atoms with E-state index in [4.69, 9.17) is 4.74 Å². The van der Waals surface area contributed by atoms with Crippen molar-refractivity contribution < 1.29 is 9.53 Å². The normalized spacial score (nSPS) is 17.8. The van der Waals surface area contributed by atoms with Crippen molar-refractivity contribution in [1.82, 2.24) is 20.5 Å². The minimum absolute atomic E-state index is 0.157. The molecule has 2 fully saturated rings. The van der Waals surface area contributed by atoms with Crippen molar-refractivity contribution >= 4 is 11.7 Å². The van der Waals surface area contributed by atoms with Crippen LogP contribution in [0.4, 0.5) is 5.82 Å². The molecule has 2 aliphatic rings. The molecule has 1 saturated heterocycles. The van der Waals surface area contributed by atoms with Crippen molar-refractivity contribution in [2.45, 2.75) is 25.3 Å². The second-order valence-electron chi connectivity index (χ2n) is 6.29. The van der Waals surface area contributed by atoms with Crippen LogP contribution in [0, 0.1) is 0 Å². The third-order valence-corrected chi connectivity index (χ3v) is 4.44. The van der Waals surface area contributed by atoms with Crippen molar-refractivity contribution in [3.05, 3.63) is 41.3 Å². The largest absolute Gasteiger partial charge is 0.378 e. The zero-order valence-corrected chi connectivity index (χ0v) is 13.5. The first-order valence-corrected chi connectivity index (χ1v) is 8.41. The summed E-state index contributed by atoms with van der Waals surface area (Å²) in [4.78, 5) is 18.8. The lowest BCUT2D eigenvalue weighted by Crippen LogP contribution is -2.36. The first-order chi connectivity index (χ1) is 11.8. The highest BCUT2D eigenvalue weighted by Crippen LogP contribution is 2.38. The average molecular weight is 327 g/mol. The Morgan fingerprint density at radius 3 is 2.88 bits per heavy atom. The molecule has 126 valence electrons. The molecule has 0 aromatic carbocycles. The number of carbonyl (C=O) groups is 1. The lowest BCUT2D eigenvalue weighted by atomic mass is 10.2. The van der Waals surface area contributed by atoms with Gasteiger partial charge in [-0.1, -0.05) is 6.07 Å². The van der Waals surface area contributed by atoms with Gasteiger partial charge in [0.1, 0.15) is 11.5 Å². The number of ether oxygens (including phenoxy) is 1. The second kappa shape index (κ2) is 6.60. The molecule has 1 amide bonds. The molecule has 2 aromatic rings. The number of pyridine rings is 1. The summed E-state index contributed by atoms with van der Waals surface area (Å²) >= 11 is 0. The van der Waals surface area contributed by atoms with Gasteiger partial charge in [-0.15, -0.1) is 0 Å². The number of aromatic nitrogens is 3. The van der Waals surface area contributed by atoms with Gasteiger partial charge in [-0.2, -0.15) is 5.10 Å². The van der Waals surface area contributed by atoms with E-state index in [-0.39, 0.29) is 5.91 Å². The van der Waals surface area contributed by atoms with E-state index in [1.165, 1.54) is 12.8 Å². The van der Waals surface area contributed by atoms with Crippen LogP contribution in [-0.4, -0.2) is 47.4 Å². The molecule has 1 saturated carbocycles. The Bertz CT molecular complexity index is 702. The smallest absolute Gasteiger partial charge is 0.272 e. The van der Waals surface area contributed by atoms with Crippen molar-refractivity contribution in [1.29, 1.82) is 0 Å². The molecule has 1 aliphatic heterocycles. The van der Waals surface area contributed by atoms with Gasteiger partial charge in [0, 0.05) is 37.4 Å². The summed E-state index contributed by atoms with van der Waals surface area (Å²) < 4.78 is 5.35. The van der Waals surface area contributed by atoms with Crippen LogP contribution in [-0.2, 0) is 11.3 Å². The van der Waals surface area contributed by atoms with Gasteiger partial charge in [0.05, 0.1) is 13.2 Å². The van der Waals surface area contributed by atoms with E-state index >= 15 is 0 Å². The lowest BCUT2D eigenvalue weighted by Gasteiger charge is -2.27. The maximum absolute atomic E-state index is 12.2. The number of H-pyrrole nitrogens is 1. The monoisotopic (exact) mass is 327 g/mol. The third-order valence-electron chi connectivity index (χ3n) is 4.44. The Hall–Kier alpha value is -2.41. The maximum atomic E-state index is 12.2. The van der Waals surface area contributed by atoms with E-state index in [2.05, 4.69) is 25.4 Å². The quantitative estimate of drug-likeness (QED) is 0.868. The van der Waals surface area contributed by atoms with Crippen LogP contribution in [0.1, 0.15) is 40.5 Å². The Labute approximate surface area is 140 Å². The molecule has 0 bridgehead atoms. The topological polar surface area (TPSA) is 83.1 Å². The van der Waals surface area contributed by atoms with E-state index in [0.717, 1.165) is 43.4 Å². The van der Waals surface area contributed by atoms with Gasteiger partial charge in [0.25, 0.3) is 5.91 Å². The number of anilines is 1. The fourth-order valence-corrected chi connectivity index (χ4v) is 2.83. The van der Waals surface area contributed by atoms with Crippen molar-refractivity contribution in [3.8, 4) is 0 Å². The summed E-state index contributed by atoms with van der Waals surface area (Å²) in [6.07, 6.45) is 4.18. The number of nitrogens with one attached hydrogen (secondary N) is 2. The number of amides is 1. The molecular formula is C17H21N5O2. The lowest BCUT2D eigenvalue weighted by molar-refractivity contribution is 0.0946. The molecule has 7 heteroatoms. The maximum Gasteiger partial charge on any atom is 0.272 e. The highest BCUT2D eigenvalue weighted by molar-refractivity contribution is 5.92. The summed E-state index contributed by atoms with van der Waals surface area (Å²) in [7, 11) is 0. The van der Waals surface area contributed by atoms with Gasteiger partial charge >= 0.3 is 0 Å². The number of morpholine rings is 1. The van der Waals surface area contributed by atoms with E-state index < -0.39 is 0 Å². The van der Waals surface area contributed by atoms with Crippen LogP contribution in [0.25, 0.3) is 0 Å². The van der Waals surface area contributed by atoms with Crippen LogP contribution < -0.4 is 10.2 Å². The number of hydrogen-bond donors (Lipinski definition) is 2. The summed E-state index contributed by atoms with van der Waals surface area (Å²) in [5.41, 5.74) is 2.49. The van der Waals surface area contributed by atoms with Gasteiger partial charge in [0.2, 0.25) is 0 Å². The summed E-state index contributed by atoms with van der Waals surface area (Å²) in [5.74, 6) is 1.36. The minimum Gasteiger partial charge on any atom is -0.378 e. The van der Waals surface area contributed by atoms with E-state index in [1.807, 2.05) is 24.4 Å². The molecule has 2 aromatic heterocycles. The van der Waals surface area contributed by atoms with Crippen LogP contribution in [0.15, 0.2) is 24.4 Å². The highest BCUT2D eigenvalue weighted by Gasteiger charge is 2.26. The zero-order chi connectivity index (χ0) is 16.4. The van der Waals surface area contributed by atoms with Gasteiger partial charge < -0.3 is 15.0 Å². The fraction of sp³-hybridized carbons (Fsp3) is 0.471. The predicted molar refractivity (Wildman–Crippen MR) is 89.0 cm³/mol. The van der Waals surface area contributed by atoms with Crippen LogP contribution in [0.2, 0.25) is 0 Å². The van der Waals surface area contributed by atoms with Crippen LogP contribution >= 0.6 is 0 Å². The van der Waals surface area contributed by atoms with Gasteiger partial charge in [-0.25, -0.2) is 4.98 Å². The second-order valence-corrected chi connectivity index (χ2v) is 6.29. The Balaban J connectivity index is 1.32. The molecule has 24 heavy (non-hydrogen) atoms. The summed E-state index contributed by atoms with van der Waals surface area (Å²) in [6, 6.07) is 5.84. The van der Waals surface area contributed by atoms with Gasteiger partial charge in [-0.05, 0) is 30.5 Å². The summed E-state index contributed by atoms with van der Waals surface area (Å²) in [5, 5.41) is 9.94. The standard InChI is InChI=1S/C17H21N5O2/c23-17(15-9-14(20-21-15)13-2-3-13)19-11-12-1-4-16(18-10-12)22-5-7-24-8-6-22/h1,4,9-10,13H,2-3,5-8,11H2,(H,19,23)(H,20,21). The molecule has 0 spiro atoms. The number of rotatable bonds is 5. The van der Waals surface area contributed by atoms with Gasteiger partial charge in [0.15, 0.2) is 0 Å². The Kier molecular flexibility index (Phi) is 4.17. The fourth-order valence-electron chi connectivity index (χ4n) is 2.83. The summed E-state index contributed by atoms with van der Waals surface area (Å²) in [6.45, 7) is 3.66. The first kappa shape index (κ1) is 15.1. The number of carbonyl (C=O) groups excluding carboxylic acids is 1. The highest BCUT2D eigenvalue weighted by atomic mass is 16.5. The molecular weight excluding hydrogens is 306 g/mol. The van der Waals surface area contributed by atoms with Crippen molar-refractivity contribution in [2.24, 2.45) is 0 Å². The molecule has 4 rings (SSSR count). The van der Waals surface area contributed by atoms with Crippen LogP contribution in [0.3, 0.4) is 0 Å². The van der Waals surface area contributed by atoms with E-state index in [0.29, 0.717) is 18.2 Å².